The number of phenols is 2. The van der Waals surface area contributed by atoms with Crippen LogP contribution in [0, 0.1) is 11.3 Å². The lowest BCUT2D eigenvalue weighted by Gasteiger charge is -2.20. The van der Waals surface area contributed by atoms with Gasteiger partial charge in [-0.15, -0.1) is 0 Å². The van der Waals surface area contributed by atoms with E-state index in [1.807, 2.05) is 0 Å². The molecule has 4 rings (SSSR count). The summed E-state index contributed by atoms with van der Waals surface area (Å²) >= 11 is 0. The average molecular weight is 356 g/mol. The molecule has 3 aromatic carbocycles. The molecule has 6 nitrogen and oxygen atoms in total. The zero-order valence-corrected chi connectivity index (χ0v) is 13.9. The number of nitrogens with zero attached hydrogens (tertiary/aromatic N) is 1. The lowest BCUT2D eigenvalue weighted by Crippen LogP contribution is -2.21. The molecule has 6 heteroatoms. The second kappa shape index (κ2) is 6.00. The SMILES string of the molecule is N#Cc1ccccc1Nc1ccc2c(c1)C(=O)c1c(O)ccc(O)c1C2=O. The Morgan fingerprint density at radius 2 is 1.44 bits per heavy atom. The van der Waals surface area contributed by atoms with E-state index in [4.69, 9.17) is 0 Å². The number of benzene rings is 3. The van der Waals surface area contributed by atoms with Gasteiger partial charge < -0.3 is 15.5 Å². The molecule has 0 saturated carbocycles. The van der Waals surface area contributed by atoms with Crippen molar-refractivity contribution in [1.29, 1.82) is 5.26 Å². The van der Waals surface area contributed by atoms with Gasteiger partial charge in [-0.2, -0.15) is 5.26 Å². The summed E-state index contributed by atoms with van der Waals surface area (Å²) in [6.07, 6.45) is 0. The predicted octanol–water partition coefficient (Wildman–Crippen LogP) is 3.49. The quantitative estimate of drug-likeness (QED) is 0.474. The molecular formula is C21H12N2O4. The van der Waals surface area contributed by atoms with Crippen LogP contribution in [0.25, 0.3) is 0 Å². The number of hydrogen-bond acceptors (Lipinski definition) is 6. The van der Waals surface area contributed by atoms with Crippen LogP contribution in [0.3, 0.4) is 0 Å². The van der Waals surface area contributed by atoms with E-state index in [1.54, 1.807) is 30.3 Å². The molecule has 0 spiro atoms. The largest absolute Gasteiger partial charge is 0.507 e. The van der Waals surface area contributed by atoms with Crippen molar-refractivity contribution in [3.8, 4) is 17.6 Å². The summed E-state index contributed by atoms with van der Waals surface area (Å²) in [6, 6.07) is 15.9. The van der Waals surface area contributed by atoms with Crippen LogP contribution < -0.4 is 5.32 Å². The molecule has 0 saturated heterocycles. The number of nitrogens with one attached hydrogen (secondary N) is 1. The fourth-order valence-electron chi connectivity index (χ4n) is 3.16. The molecule has 0 amide bonds. The minimum atomic E-state index is -0.551. The molecule has 0 heterocycles. The Bertz CT molecular complexity index is 1180. The summed E-state index contributed by atoms with van der Waals surface area (Å²) in [4.78, 5) is 25.6. The minimum Gasteiger partial charge on any atom is -0.507 e. The van der Waals surface area contributed by atoms with Crippen molar-refractivity contribution in [2.45, 2.75) is 0 Å². The van der Waals surface area contributed by atoms with Crippen molar-refractivity contribution in [3.63, 3.8) is 0 Å². The Hall–Kier alpha value is -4.11. The number of carbonyl (C=O) groups excluding carboxylic acids is 2. The first kappa shape index (κ1) is 16.4. The van der Waals surface area contributed by atoms with Crippen molar-refractivity contribution in [2.75, 3.05) is 5.32 Å². The summed E-state index contributed by atoms with van der Waals surface area (Å²) in [5, 5.41) is 32.3. The van der Waals surface area contributed by atoms with Gasteiger partial charge in [0.1, 0.15) is 17.6 Å². The van der Waals surface area contributed by atoms with Crippen LogP contribution in [0.5, 0.6) is 11.5 Å². The number of nitriles is 1. The van der Waals surface area contributed by atoms with E-state index < -0.39 is 11.6 Å². The number of fused-ring (bicyclic) bond motifs is 2. The number of para-hydroxylation sites is 1. The highest BCUT2D eigenvalue weighted by Gasteiger charge is 2.34. The molecule has 1 aliphatic carbocycles. The Morgan fingerprint density at radius 1 is 0.815 bits per heavy atom. The van der Waals surface area contributed by atoms with Gasteiger partial charge in [-0.25, -0.2) is 0 Å². The maximum absolute atomic E-state index is 12.9. The van der Waals surface area contributed by atoms with Gasteiger partial charge in [-0.1, -0.05) is 12.1 Å². The van der Waals surface area contributed by atoms with Gasteiger partial charge in [-0.3, -0.25) is 9.59 Å². The average Bonchev–Trinajstić information content (AvgIpc) is 2.68. The first-order chi connectivity index (χ1) is 13.0. The minimum absolute atomic E-state index is 0.118. The van der Waals surface area contributed by atoms with Crippen LogP contribution in [0.2, 0.25) is 0 Å². The number of carbonyl (C=O) groups is 2. The Kier molecular flexibility index (Phi) is 3.64. The fraction of sp³-hybridized carbons (Fsp3) is 0. The first-order valence-corrected chi connectivity index (χ1v) is 8.06. The number of aromatic hydroxyl groups is 2. The number of phenolic OH excluding ortho intramolecular Hbond substituents is 2. The third-order valence-electron chi connectivity index (χ3n) is 4.45. The van der Waals surface area contributed by atoms with Crippen molar-refractivity contribution in [1.82, 2.24) is 0 Å². The zero-order valence-electron chi connectivity index (χ0n) is 13.9. The second-order valence-corrected chi connectivity index (χ2v) is 6.05. The summed E-state index contributed by atoms with van der Waals surface area (Å²) in [6.45, 7) is 0. The summed E-state index contributed by atoms with van der Waals surface area (Å²) in [5.41, 5.74) is 1.38. The molecule has 27 heavy (non-hydrogen) atoms. The molecular weight excluding hydrogens is 344 g/mol. The monoisotopic (exact) mass is 356 g/mol. The van der Waals surface area contributed by atoms with Crippen LogP contribution in [0.15, 0.2) is 54.6 Å². The molecule has 3 aromatic rings. The van der Waals surface area contributed by atoms with Crippen molar-refractivity contribution < 1.29 is 19.8 Å². The van der Waals surface area contributed by atoms with Crippen LogP contribution in [-0.4, -0.2) is 21.8 Å². The van der Waals surface area contributed by atoms with Gasteiger partial charge >= 0.3 is 0 Å². The standard InChI is InChI=1S/C21H12N2O4/c22-10-11-3-1-2-4-15(11)23-12-5-6-13-14(9-12)21(27)19-17(25)8-7-16(24)18(19)20(13)26/h1-9,23-25H. The predicted molar refractivity (Wildman–Crippen MR) is 97.5 cm³/mol. The second-order valence-electron chi connectivity index (χ2n) is 6.05. The molecule has 3 N–H and O–H groups in total. The van der Waals surface area contributed by atoms with Crippen molar-refractivity contribution in [2.24, 2.45) is 0 Å². The van der Waals surface area contributed by atoms with Crippen molar-refractivity contribution >= 4 is 22.9 Å². The number of rotatable bonds is 2. The molecule has 0 fully saturated rings. The maximum Gasteiger partial charge on any atom is 0.198 e. The zero-order chi connectivity index (χ0) is 19.1. The van der Waals surface area contributed by atoms with Gasteiger partial charge in [0.05, 0.1) is 22.4 Å². The van der Waals surface area contributed by atoms with Gasteiger partial charge in [0, 0.05) is 16.8 Å². The first-order valence-electron chi connectivity index (χ1n) is 8.06. The van der Waals surface area contributed by atoms with Gasteiger partial charge in [0.25, 0.3) is 0 Å². The van der Waals surface area contributed by atoms with Crippen LogP contribution in [0.4, 0.5) is 11.4 Å². The molecule has 0 bridgehead atoms. The Labute approximate surface area is 153 Å². The molecule has 0 aromatic heterocycles. The molecule has 130 valence electrons. The van der Waals surface area contributed by atoms with E-state index in [2.05, 4.69) is 11.4 Å². The highest BCUT2D eigenvalue weighted by Crippen LogP contribution is 2.38. The highest BCUT2D eigenvalue weighted by atomic mass is 16.3. The van der Waals surface area contributed by atoms with E-state index >= 15 is 0 Å². The molecule has 0 unspecified atom stereocenters. The number of ketones is 2. The molecule has 0 aliphatic heterocycles. The lowest BCUT2D eigenvalue weighted by atomic mass is 9.83. The van der Waals surface area contributed by atoms with Crippen LogP contribution in [0.1, 0.15) is 37.4 Å². The molecule has 0 atom stereocenters. The summed E-state index contributed by atoms with van der Waals surface area (Å²) in [7, 11) is 0. The van der Waals surface area contributed by atoms with E-state index in [0.717, 1.165) is 0 Å². The van der Waals surface area contributed by atoms with Gasteiger partial charge in [-0.05, 0) is 42.5 Å². The van der Waals surface area contributed by atoms with Crippen molar-refractivity contribution in [3.05, 3.63) is 82.4 Å². The van der Waals surface area contributed by atoms with E-state index in [1.165, 1.54) is 24.3 Å². The Balaban J connectivity index is 1.81. The smallest absolute Gasteiger partial charge is 0.198 e. The fourth-order valence-corrected chi connectivity index (χ4v) is 3.16. The van der Waals surface area contributed by atoms with Crippen LogP contribution >= 0.6 is 0 Å². The van der Waals surface area contributed by atoms with Gasteiger partial charge in [0.2, 0.25) is 0 Å². The third-order valence-corrected chi connectivity index (χ3v) is 4.45. The normalized spacial score (nSPS) is 12.1. The highest BCUT2D eigenvalue weighted by molar-refractivity contribution is 6.30. The topological polar surface area (TPSA) is 110 Å². The van der Waals surface area contributed by atoms with E-state index in [0.29, 0.717) is 16.9 Å². The maximum atomic E-state index is 12.9. The van der Waals surface area contributed by atoms with E-state index in [-0.39, 0.29) is 33.8 Å². The molecule has 1 aliphatic rings. The number of anilines is 2. The third kappa shape index (κ3) is 2.50. The number of hydrogen-bond donors (Lipinski definition) is 3. The van der Waals surface area contributed by atoms with E-state index in [9.17, 15) is 25.1 Å². The summed E-state index contributed by atoms with van der Waals surface area (Å²) < 4.78 is 0. The Morgan fingerprint density at radius 3 is 2.11 bits per heavy atom. The van der Waals surface area contributed by atoms with Gasteiger partial charge in [0.15, 0.2) is 11.6 Å². The van der Waals surface area contributed by atoms with Crippen LogP contribution in [-0.2, 0) is 0 Å². The molecule has 0 radical (unpaired) electrons. The lowest BCUT2D eigenvalue weighted by molar-refractivity contribution is 0.0974. The summed E-state index contributed by atoms with van der Waals surface area (Å²) in [5.74, 6) is -1.79.